The van der Waals surface area contributed by atoms with Crippen molar-refractivity contribution in [1.82, 2.24) is 10.2 Å². The third kappa shape index (κ3) is 6.53. The standard InChI is InChI=1S/C16H20BrNO3.C2H7N/c1-3-14-12(10-17)6-4-8-15(14)16(21)18(2)13(11-20)7-5-9-19;1-3-2/h4,6,8-9,11,13H,3,5,7,10H2,1-2H3;3H,1-2H3. The number of aldehydes is 2. The van der Waals surface area contributed by atoms with Crippen LogP contribution < -0.4 is 5.32 Å². The Morgan fingerprint density at radius 2 is 1.96 bits per heavy atom. The summed E-state index contributed by atoms with van der Waals surface area (Å²) in [5.41, 5.74) is 2.69. The summed E-state index contributed by atoms with van der Waals surface area (Å²) in [5, 5.41) is 3.43. The summed E-state index contributed by atoms with van der Waals surface area (Å²) in [6.45, 7) is 2.00. The van der Waals surface area contributed by atoms with Crippen molar-refractivity contribution in [3.05, 3.63) is 34.9 Å². The molecule has 134 valence electrons. The lowest BCUT2D eigenvalue weighted by molar-refractivity contribution is -0.112. The number of nitrogens with one attached hydrogen (secondary N) is 1. The number of rotatable bonds is 8. The highest BCUT2D eigenvalue weighted by Gasteiger charge is 2.22. The van der Waals surface area contributed by atoms with Crippen molar-refractivity contribution in [3.63, 3.8) is 0 Å². The molecule has 0 radical (unpaired) electrons. The van der Waals surface area contributed by atoms with Crippen LogP contribution in [0.1, 0.15) is 41.3 Å². The maximum Gasteiger partial charge on any atom is 0.254 e. The fourth-order valence-electron chi connectivity index (χ4n) is 2.31. The molecule has 1 amide bonds. The molecule has 0 spiro atoms. The van der Waals surface area contributed by atoms with E-state index in [9.17, 15) is 14.4 Å². The lowest BCUT2D eigenvalue weighted by atomic mass is 9.98. The van der Waals surface area contributed by atoms with E-state index in [-0.39, 0.29) is 12.3 Å². The van der Waals surface area contributed by atoms with E-state index in [0.717, 1.165) is 30.1 Å². The van der Waals surface area contributed by atoms with Gasteiger partial charge in [0.1, 0.15) is 12.6 Å². The third-order valence-corrected chi connectivity index (χ3v) is 4.16. The van der Waals surface area contributed by atoms with Gasteiger partial charge in [0.15, 0.2) is 0 Å². The molecule has 0 bridgehead atoms. The number of likely N-dealkylation sites (N-methyl/N-ethyl adjacent to an activating group) is 1. The molecule has 0 aliphatic heterocycles. The van der Waals surface area contributed by atoms with Crippen LogP contribution >= 0.6 is 15.9 Å². The molecule has 0 saturated heterocycles. The van der Waals surface area contributed by atoms with Crippen molar-refractivity contribution in [2.24, 2.45) is 0 Å². The Labute approximate surface area is 152 Å². The van der Waals surface area contributed by atoms with E-state index >= 15 is 0 Å². The van der Waals surface area contributed by atoms with Crippen molar-refractivity contribution in [2.45, 2.75) is 37.6 Å². The summed E-state index contributed by atoms with van der Waals surface area (Å²) in [5.74, 6) is -0.183. The van der Waals surface area contributed by atoms with E-state index in [2.05, 4.69) is 21.2 Å². The Bertz CT molecular complexity index is 535. The maximum atomic E-state index is 12.6. The second kappa shape index (κ2) is 12.8. The highest BCUT2D eigenvalue weighted by Crippen LogP contribution is 2.20. The number of nitrogens with zero attached hydrogens (tertiary/aromatic N) is 1. The Morgan fingerprint density at radius 3 is 2.42 bits per heavy atom. The van der Waals surface area contributed by atoms with E-state index in [4.69, 9.17) is 0 Å². The fraction of sp³-hybridized carbons (Fsp3) is 0.500. The van der Waals surface area contributed by atoms with Crippen molar-refractivity contribution in [1.29, 1.82) is 0 Å². The van der Waals surface area contributed by atoms with Crippen LogP contribution in [0.2, 0.25) is 0 Å². The van der Waals surface area contributed by atoms with Crippen LogP contribution in [0.25, 0.3) is 0 Å². The first kappa shape index (κ1) is 22.5. The maximum absolute atomic E-state index is 12.6. The minimum absolute atomic E-state index is 0.183. The molecule has 0 fully saturated rings. The molecule has 0 aliphatic rings. The Hall–Kier alpha value is -1.53. The second-order valence-electron chi connectivity index (χ2n) is 5.29. The van der Waals surface area contributed by atoms with Crippen LogP contribution in [0.4, 0.5) is 0 Å². The minimum Gasteiger partial charge on any atom is -0.332 e. The molecule has 1 unspecified atom stereocenters. The molecule has 6 heteroatoms. The number of halogens is 1. The first-order chi connectivity index (χ1) is 11.5. The van der Waals surface area contributed by atoms with Crippen LogP contribution in [0.15, 0.2) is 18.2 Å². The summed E-state index contributed by atoms with van der Waals surface area (Å²) in [4.78, 5) is 35.6. The molecule has 0 heterocycles. The third-order valence-electron chi connectivity index (χ3n) is 3.56. The molecule has 1 aromatic carbocycles. The summed E-state index contributed by atoms with van der Waals surface area (Å²) in [6.07, 6.45) is 2.85. The normalized spacial score (nSPS) is 11.0. The SMILES string of the molecule is CCc1c(CBr)cccc1C(=O)N(C)C(C=O)CCC=O.CNC. The highest BCUT2D eigenvalue weighted by atomic mass is 79.9. The van der Waals surface area contributed by atoms with Gasteiger partial charge in [-0.25, -0.2) is 0 Å². The monoisotopic (exact) mass is 398 g/mol. The van der Waals surface area contributed by atoms with Crippen molar-refractivity contribution in [3.8, 4) is 0 Å². The number of amides is 1. The predicted molar refractivity (Wildman–Crippen MR) is 101 cm³/mol. The first-order valence-electron chi connectivity index (χ1n) is 7.93. The molecule has 0 saturated carbocycles. The number of carbonyl (C=O) groups is 3. The average Bonchev–Trinajstić information content (AvgIpc) is 2.61. The predicted octanol–water partition coefficient (Wildman–Crippen LogP) is 2.60. The van der Waals surface area contributed by atoms with Gasteiger partial charge in [-0.15, -0.1) is 0 Å². The largest absolute Gasteiger partial charge is 0.332 e. The lowest BCUT2D eigenvalue weighted by Crippen LogP contribution is -2.38. The minimum atomic E-state index is -0.569. The van der Waals surface area contributed by atoms with Gasteiger partial charge in [-0.1, -0.05) is 35.0 Å². The van der Waals surface area contributed by atoms with Gasteiger partial charge in [0.2, 0.25) is 0 Å². The van der Waals surface area contributed by atoms with Crippen LogP contribution in [0.5, 0.6) is 0 Å². The van der Waals surface area contributed by atoms with Gasteiger partial charge in [-0.05, 0) is 44.1 Å². The number of benzene rings is 1. The van der Waals surface area contributed by atoms with Gasteiger partial charge in [0.25, 0.3) is 5.91 Å². The topological polar surface area (TPSA) is 66.5 Å². The van der Waals surface area contributed by atoms with E-state index in [0.29, 0.717) is 17.3 Å². The van der Waals surface area contributed by atoms with Gasteiger partial charge in [-0.3, -0.25) is 4.79 Å². The van der Waals surface area contributed by atoms with Crippen LogP contribution in [0, 0.1) is 0 Å². The van der Waals surface area contributed by atoms with Gasteiger partial charge in [0, 0.05) is 24.4 Å². The molecular formula is C18H27BrN2O3. The first-order valence-corrected chi connectivity index (χ1v) is 9.05. The van der Waals surface area contributed by atoms with Crippen molar-refractivity contribution < 1.29 is 14.4 Å². The van der Waals surface area contributed by atoms with Crippen LogP contribution in [0.3, 0.4) is 0 Å². The number of alkyl halides is 1. The van der Waals surface area contributed by atoms with Gasteiger partial charge in [0.05, 0.1) is 6.04 Å². The summed E-state index contributed by atoms with van der Waals surface area (Å²) < 4.78 is 0. The lowest BCUT2D eigenvalue weighted by Gasteiger charge is -2.25. The summed E-state index contributed by atoms with van der Waals surface area (Å²) >= 11 is 3.43. The zero-order chi connectivity index (χ0) is 18.5. The molecule has 1 rings (SSSR count). The Balaban J connectivity index is 0.00000163. The zero-order valence-electron chi connectivity index (χ0n) is 14.8. The molecule has 0 aliphatic carbocycles. The number of carbonyl (C=O) groups excluding carboxylic acids is 3. The quantitative estimate of drug-likeness (QED) is 0.539. The van der Waals surface area contributed by atoms with E-state index in [1.165, 1.54) is 4.90 Å². The number of hydrogen-bond donors (Lipinski definition) is 1. The zero-order valence-corrected chi connectivity index (χ0v) is 16.4. The van der Waals surface area contributed by atoms with Crippen molar-refractivity contribution >= 4 is 34.4 Å². The smallest absolute Gasteiger partial charge is 0.254 e. The molecular weight excluding hydrogens is 372 g/mol. The molecule has 1 atom stereocenters. The van der Waals surface area contributed by atoms with Crippen LogP contribution in [-0.4, -0.2) is 50.6 Å². The average molecular weight is 399 g/mol. The highest BCUT2D eigenvalue weighted by molar-refractivity contribution is 9.08. The molecule has 0 aromatic heterocycles. The molecule has 1 aromatic rings. The summed E-state index contributed by atoms with van der Waals surface area (Å²) in [7, 11) is 5.35. The van der Waals surface area contributed by atoms with Crippen LogP contribution in [-0.2, 0) is 21.3 Å². The summed E-state index contributed by atoms with van der Waals surface area (Å²) in [6, 6.07) is 5.04. The Kier molecular flexibility index (Phi) is 12.0. The van der Waals surface area contributed by atoms with E-state index < -0.39 is 6.04 Å². The molecule has 1 N–H and O–H groups in total. The molecule has 24 heavy (non-hydrogen) atoms. The Morgan fingerprint density at radius 1 is 1.33 bits per heavy atom. The van der Waals surface area contributed by atoms with E-state index in [1.54, 1.807) is 13.1 Å². The van der Waals surface area contributed by atoms with Gasteiger partial charge < -0.3 is 19.8 Å². The molecule has 5 nitrogen and oxygen atoms in total. The van der Waals surface area contributed by atoms with Crippen molar-refractivity contribution in [2.75, 3.05) is 21.1 Å². The number of hydrogen-bond acceptors (Lipinski definition) is 4. The van der Waals surface area contributed by atoms with Gasteiger partial charge in [-0.2, -0.15) is 0 Å². The van der Waals surface area contributed by atoms with E-state index in [1.807, 2.05) is 33.2 Å². The van der Waals surface area contributed by atoms with Gasteiger partial charge >= 0.3 is 0 Å². The fourth-order valence-corrected chi connectivity index (χ4v) is 2.84. The second-order valence-corrected chi connectivity index (χ2v) is 5.85.